The van der Waals surface area contributed by atoms with Crippen LogP contribution < -0.4 is 15.8 Å². The van der Waals surface area contributed by atoms with E-state index in [2.05, 4.69) is 29.1 Å². The normalized spacial score (nSPS) is 20.3. The fraction of sp³-hybridized carbons (Fsp3) is 0.600. The number of nitrogens with two attached hydrogens (primary N) is 1. The zero-order valence-electron chi connectivity index (χ0n) is 12.7. The molecule has 1 aromatic rings. The molecule has 1 saturated heterocycles. The molecular formula is C15H24N4O2. The van der Waals surface area contributed by atoms with Crippen molar-refractivity contribution >= 4 is 5.96 Å². The van der Waals surface area contributed by atoms with Crippen molar-refractivity contribution < 1.29 is 9.47 Å². The van der Waals surface area contributed by atoms with Crippen molar-refractivity contribution in [3.05, 3.63) is 23.9 Å². The Morgan fingerprint density at radius 2 is 2.52 bits per heavy atom. The van der Waals surface area contributed by atoms with Crippen molar-refractivity contribution in [3.63, 3.8) is 0 Å². The van der Waals surface area contributed by atoms with Crippen LogP contribution in [0.2, 0.25) is 0 Å². The van der Waals surface area contributed by atoms with Gasteiger partial charge in [0.15, 0.2) is 5.96 Å². The summed E-state index contributed by atoms with van der Waals surface area (Å²) in [6.07, 6.45) is 3.75. The van der Waals surface area contributed by atoms with Gasteiger partial charge < -0.3 is 20.5 Å². The first-order valence-corrected chi connectivity index (χ1v) is 7.43. The van der Waals surface area contributed by atoms with Crippen LogP contribution in [0.3, 0.4) is 0 Å². The average Bonchev–Trinajstić information content (AvgIpc) is 2.98. The highest BCUT2D eigenvalue weighted by Crippen LogP contribution is 2.16. The highest BCUT2D eigenvalue weighted by atomic mass is 16.5. The SMILES string of the molecule is CCC(C)NC(N)=NCc1ccnc(OC2CCOC2)c1. The Bertz CT molecular complexity index is 472. The van der Waals surface area contributed by atoms with Gasteiger partial charge in [-0.2, -0.15) is 0 Å². The molecule has 21 heavy (non-hydrogen) atoms. The molecule has 2 atom stereocenters. The van der Waals surface area contributed by atoms with E-state index in [1.54, 1.807) is 6.20 Å². The van der Waals surface area contributed by atoms with Crippen molar-refractivity contribution in [2.24, 2.45) is 10.7 Å². The molecular weight excluding hydrogens is 268 g/mol. The maximum atomic E-state index is 5.84. The zero-order valence-corrected chi connectivity index (χ0v) is 12.7. The van der Waals surface area contributed by atoms with Crippen LogP contribution in [0.5, 0.6) is 5.88 Å². The first-order valence-electron chi connectivity index (χ1n) is 7.43. The molecule has 0 spiro atoms. The number of aromatic nitrogens is 1. The summed E-state index contributed by atoms with van der Waals surface area (Å²) in [5, 5.41) is 3.14. The molecule has 3 N–H and O–H groups in total. The van der Waals surface area contributed by atoms with Gasteiger partial charge in [0.05, 0.1) is 19.8 Å². The smallest absolute Gasteiger partial charge is 0.213 e. The van der Waals surface area contributed by atoms with E-state index < -0.39 is 0 Å². The molecule has 1 aliphatic heterocycles. The zero-order chi connectivity index (χ0) is 15.1. The molecule has 1 fully saturated rings. The van der Waals surface area contributed by atoms with Crippen LogP contribution in [-0.4, -0.2) is 36.3 Å². The highest BCUT2D eigenvalue weighted by molar-refractivity contribution is 5.78. The number of pyridine rings is 1. The lowest BCUT2D eigenvalue weighted by molar-refractivity contribution is 0.138. The Morgan fingerprint density at radius 3 is 3.24 bits per heavy atom. The Balaban J connectivity index is 1.89. The van der Waals surface area contributed by atoms with Gasteiger partial charge in [0.25, 0.3) is 0 Å². The monoisotopic (exact) mass is 292 g/mol. The van der Waals surface area contributed by atoms with Crippen LogP contribution in [0.25, 0.3) is 0 Å². The summed E-state index contributed by atoms with van der Waals surface area (Å²) in [5.74, 6) is 1.08. The third-order valence-corrected chi connectivity index (χ3v) is 3.41. The van der Waals surface area contributed by atoms with Crippen molar-refractivity contribution in [3.8, 4) is 5.88 Å². The van der Waals surface area contributed by atoms with Crippen molar-refractivity contribution in [1.29, 1.82) is 0 Å². The van der Waals surface area contributed by atoms with E-state index in [0.717, 1.165) is 25.0 Å². The summed E-state index contributed by atoms with van der Waals surface area (Å²) in [6, 6.07) is 4.14. The molecule has 2 rings (SSSR count). The largest absolute Gasteiger partial charge is 0.472 e. The standard InChI is InChI=1S/C15H24N4O2/c1-3-11(2)19-15(16)18-9-12-4-6-17-14(8-12)21-13-5-7-20-10-13/h4,6,8,11,13H,3,5,7,9-10H2,1-2H3,(H3,16,18,19). The summed E-state index contributed by atoms with van der Waals surface area (Å²) < 4.78 is 11.1. The number of aliphatic imine (C=N–C) groups is 1. The first-order chi connectivity index (χ1) is 10.2. The fourth-order valence-corrected chi connectivity index (χ4v) is 1.97. The predicted octanol–water partition coefficient (Wildman–Crippen LogP) is 1.45. The Kier molecular flexibility index (Phi) is 5.80. The Hall–Kier alpha value is -1.82. The molecule has 0 aromatic carbocycles. The van der Waals surface area contributed by atoms with Crippen molar-refractivity contribution in [1.82, 2.24) is 10.3 Å². The maximum Gasteiger partial charge on any atom is 0.213 e. The summed E-state index contributed by atoms with van der Waals surface area (Å²) in [5.41, 5.74) is 6.86. The van der Waals surface area contributed by atoms with E-state index in [4.69, 9.17) is 15.2 Å². The topological polar surface area (TPSA) is 81.8 Å². The number of hydrogen-bond donors (Lipinski definition) is 2. The van der Waals surface area contributed by atoms with Crippen molar-refractivity contribution in [2.75, 3.05) is 13.2 Å². The molecule has 2 unspecified atom stereocenters. The lowest BCUT2D eigenvalue weighted by Gasteiger charge is -2.12. The minimum absolute atomic E-state index is 0.105. The molecule has 1 aliphatic rings. The molecule has 6 heteroatoms. The van der Waals surface area contributed by atoms with Gasteiger partial charge in [0.2, 0.25) is 5.88 Å². The minimum atomic E-state index is 0.105. The van der Waals surface area contributed by atoms with Gasteiger partial charge in [-0.1, -0.05) is 6.92 Å². The number of nitrogens with zero attached hydrogens (tertiary/aromatic N) is 2. The van der Waals surface area contributed by atoms with E-state index in [-0.39, 0.29) is 6.10 Å². The lowest BCUT2D eigenvalue weighted by Crippen LogP contribution is -2.38. The van der Waals surface area contributed by atoms with E-state index in [1.807, 2.05) is 12.1 Å². The minimum Gasteiger partial charge on any atom is -0.472 e. The summed E-state index contributed by atoms with van der Waals surface area (Å²) >= 11 is 0. The average molecular weight is 292 g/mol. The number of guanidine groups is 1. The van der Waals surface area contributed by atoms with Gasteiger partial charge >= 0.3 is 0 Å². The molecule has 0 saturated carbocycles. The third kappa shape index (κ3) is 5.23. The van der Waals surface area contributed by atoms with E-state index in [1.165, 1.54) is 0 Å². The summed E-state index contributed by atoms with van der Waals surface area (Å²) in [4.78, 5) is 8.55. The molecule has 2 heterocycles. The fourth-order valence-electron chi connectivity index (χ4n) is 1.97. The predicted molar refractivity (Wildman–Crippen MR) is 82.3 cm³/mol. The molecule has 0 aliphatic carbocycles. The Labute approximate surface area is 125 Å². The van der Waals surface area contributed by atoms with Crippen LogP contribution in [0.1, 0.15) is 32.3 Å². The molecule has 1 aromatic heterocycles. The van der Waals surface area contributed by atoms with E-state index in [9.17, 15) is 0 Å². The van der Waals surface area contributed by atoms with Gasteiger partial charge in [-0.05, 0) is 25.0 Å². The van der Waals surface area contributed by atoms with Crippen molar-refractivity contribution in [2.45, 2.75) is 45.4 Å². The van der Waals surface area contributed by atoms with Crippen LogP contribution in [0.15, 0.2) is 23.3 Å². The summed E-state index contributed by atoms with van der Waals surface area (Å²) in [6.45, 7) is 6.08. The summed E-state index contributed by atoms with van der Waals surface area (Å²) in [7, 11) is 0. The molecule has 0 bridgehead atoms. The van der Waals surface area contributed by atoms with Crippen LogP contribution in [-0.2, 0) is 11.3 Å². The highest BCUT2D eigenvalue weighted by Gasteiger charge is 2.17. The van der Waals surface area contributed by atoms with Gasteiger partial charge in [0, 0.05) is 24.7 Å². The second kappa shape index (κ2) is 7.83. The molecule has 116 valence electrons. The van der Waals surface area contributed by atoms with E-state index >= 15 is 0 Å². The molecule has 6 nitrogen and oxygen atoms in total. The first kappa shape index (κ1) is 15.6. The Morgan fingerprint density at radius 1 is 1.67 bits per heavy atom. The van der Waals surface area contributed by atoms with Gasteiger partial charge in [-0.3, -0.25) is 0 Å². The lowest BCUT2D eigenvalue weighted by atomic mass is 10.2. The van der Waals surface area contributed by atoms with E-state index in [0.29, 0.717) is 31.0 Å². The van der Waals surface area contributed by atoms with Gasteiger partial charge in [0.1, 0.15) is 6.10 Å². The quantitative estimate of drug-likeness (QED) is 0.612. The number of rotatable bonds is 6. The molecule has 0 amide bonds. The molecule has 0 radical (unpaired) electrons. The van der Waals surface area contributed by atoms with Crippen LogP contribution in [0, 0.1) is 0 Å². The van der Waals surface area contributed by atoms with Gasteiger partial charge in [-0.15, -0.1) is 0 Å². The van der Waals surface area contributed by atoms with Gasteiger partial charge in [-0.25, -0.2) is 9.98 Å². The number of hydrogen-bond acceptors (Lipinski definition) is 4. The number of nitrogens with one attached hydrogen (secondary N) is 1. The van der Waals surface area contributed by atoms with Crippen LogP contribution >= 0.6 is 0 Å². The maximum absolute atomic E-state index is 5.84. The van der Waals surface area contributed by atoms with Crippen LogP contribution in [0.4, 0.5) is 0 Å². The second-order valence-corrected chi connectivity index (χ2v) is 5.26. The second-order valence-electron chi connectivity index (χ2n) is 5.26. The number of ether oxygens (including phenoxy) is 2. The third-order valence-electron chi connectivity index (χ3n) is 3.41.